The van der Waals surface area contributed by atoms with Gasteiger partial charge in [0.05, 0.1) is 5.56 Å². The van der Waals surface area contributed by atoms with Gasteiger partial charge in [-0.1, -0.05) is 18.2 Å². The molecule has 0 fully saturated rings. The fraction of sp³-hybridized carbons (Fsp3) is 0.263. The predicted molar refractivity (Wildman–Crippen MR) is 90.5 cm³/mol. The van der Waals surface area contributed by atoms with Crippen molar-refractivity contribution < 1.29 is 27.8 Å². The standard InChI is InChI=1S/C19H17F2NO4/c1-12(17(23)22-11-10-13-4-2-3-5-16(13)22)25-18(24)14-6-8-15(9-7-14)26-19(20)21/h2-9,12,19H,10-11H2,1H3/t12-/m0/s1. The van der Waals surface area contributed by atoms with Gasteiger partial charge in [-0.2, -0.15) is 8.78 Å². The molecule has 1 heterocycles. The van der Waals surface area contributed by atoms with Crippen LogP contribution in [0.5, 0.6) is 5.75 Å². The second-order valence-corrected chi connectivity index (χ2v) is 5.82. The molecule has 26 heavy (non-hydrogen) atoms. The highest BCUT2D eigenvalue weighted by Crippen LogP contribution is 2.28. The minimum absolute atomic E-state index is 0.0608. The van der Waals surface area contributed by atoms with Gasteiger partial charge in [-0.25, -0.2) is 4.79 Å². The van der Waals surface area contributed by atoms with Crippen LogP contribution in [0.15, 0.2) is 48.5 Å². The van der Waals surface area contributed by atoms with Gasteiger partial charge in [-0.05, 0) is 49.2 Å². The average Bonchev–Trinajstić information content (AvgIpc) is 3.05. The molecule has 0 spiro atoms. The number of nitrogens with zero attached hydrogens (tertiary/aromatic N) is 1. The molecule has 0 radical (unpaired) electrons. The maximum absolute atomic E-state index is 12.6. The molecule has 3 rings (SSSR count). The van der Waals surface area contributed by atoms with E-state index < -0.39 is 18.7 Å². The Bertz CT molecular complexity index is 807. The Balaban J connectivity index is 1.63. The van der Waals surface area contributed by atoms with E-state index in [1.165, 1.54) is 31.2 Å². The van der Waals surface area contributed by atoms with E-state index in [4.69, 9.17) is 4.74 Å². The molecule has 0 N–H and O–H groups in total. The lowest BCUT2D eigenvalue weighted by Crippen LogP contribution is -2.39. The summed E-state index contributed by atoms with van der Waals surface area (Å²) in [5.74, 6) is -1.07. The number of halogens is 2. The van der Waals surface area contributed by atoms with E-state index in [-0.39, 0.29) is 17.2 Å². The minimum Gasteiger partial charge on any atom is -0.449 e. The number of para-hydroxylation sites is 1. The number of anilines is 1. The van der Waals surface area contributed by atoms with Crippen molar-refractivity contribution in [2.75, 3.05) is 11.4 Å². The van der Waals surface area contributed by atoms with E-state index in [9.17, 15) is 18.4 Å². The van der Waals surface area contributed by atoms with Crippen LogP contribution in [0.2, 0.25) is 0 Å². The maximum atomic E-state index is 12.6. The fourth-order valence-corrected chi connectivity index (χ4v) is 2.84. The Hall–Kier alpha value is -2.96. The minimum atomic E-state index is -2.94. The zero-order valence-corrected chi connectivity index (χ0v) is 14.0. The SMILES string of the molecule is C[C@H](OC(=O)c1ccc(OC(F)F)cc1)C(=O)N1CCc2ccccc21. The van der Waals surface area contributed by atoms with Crippen LogP contribution in [0.3, 0.4) is 0 Å². The second-order valence-electron chi connectivity index (χ2n) is 5.82. The molecule has 0 saturated heterocycles. The van der Waals surface area contributed by atoms with Gasteiger partial charge >= 0.3 is 12.6 Å². The fourth-order valence-electron chi connectivity index (χ4n) is 2.84. The molecule has 1 amide bonds. The van der Waals surface area contributed by atoms with E-state index in [0.717, 1.165) is 17.7 Å². The van der Waals surface area contributed by atoms with E-state index in [0.29, 0.717) is 6.54 Å². The summed E-state index contributed by atoms with van der Waals surface area (Å²) in [6.45, 7) is -0.886. The number of ether oxygens (including phenoxy) is 2. The van der Waals surface area contributed by atoms with Crippen LogP contribution in [-0.4, -0.2) is 31.1 Å². The summed E-state index contributed by atoms with van der Waals surface area (Å²) in [6, 6.07) is 12.7. The number of alkyl halides is 2. The lowest BCUT2D eigenvalue weighted by Gasteiger charge is -2.21. The third-order valence-electron chi connectivity index (χ3n) is 4.10. The molecular weight excluding hydrogens is 344 g/mol. The van der Waals surface area contributed by atoms with Gasteiger partial charge < -0.3 is 14.4 Å². The first-order valence-electron chi connectivity index (χ1n) is 8.11. The smallest absolute Gasteiger partial charge is 0.387 e. The summed E-state index contributed by atoms with van der Waals surface area (Å²) >= 11 is 0. The molecule has 0 bridgehead atoms. The normalized spacial score (nSPS) is 14.1. The number of fused-ring (bicyclic) bond motifs is 1. The Labute approximate surface area is 149 Å². The number of rotatable bonds is 5. The van der Waals surface area contributed by atoms with Gasteiger partial charge in [0.25, 0.3) is 5.91 Å². The van der Waals surface area contributed by atoms with E-state index in [1.807, 2.05) is 24.3 Å². The molecule has 1 aliphatic rings. The summed E-state index contributed by atoms with van der Waals surface area (Å²) in [5.41, 5.74) is 2.05. The molecule has 0 unspecified atom stereocenters. The van der Waals surface area contributed by atoms with Crippen molar-refractivity contribution in [2.24, 2.45) is 0 Å². The number of hydrogen-bond donors (Lipinski definition) is 0. The summed E-state index contributed by atoms with van der Waals surface area (Å²) in [7, 11) is 0. The molecule has 2 aromatic carbocycles. The van der Waals surface area contributed by atoms with Crippen molar-refractivity contribution in [1.82, 2.24) is 0 Å². The molecule has 1 atom stereocenters. The number of esters is 1. The molecule has 0 saturated carbocycles. The second kappa shape index (κ2) is 7.51. The molecule has 1 aliphatic heterocycles. The van der Waals surface area contributed by atoms with Crippen LogP contribution in [-0.2, 0) is 16.0 Å². The van der Waals surface area contributed by atoms with E-state index in [2.05, 4.69) is 4.74 Å². The monoisotopic (exact) mass is 361 g/mol. The van der Waals surface area contributed by atoms with E-state index in [1.54, 1.807) is 4.90 Å². The number of carbonyl (C=O) groups excluding carboxylic acids is 2. The molecule has 7 heteroatoms. The summed E-state index contributed by atoms with van der Waals surface area (Å²) in [6.07, 6.45) is -0.209. The zero-order valence-electron chi connectivity index (χ0n) is 14.0. The Morgan fingerprint density at radius 2 is 1.77 bits per heavy atom. The van der Waals surface area contributed by atoms with Crippen molar-refractivity contribution in [1.29, 1.82) is 0 Å². The molecule has 0 aliphatic carbocycles. The quantitative estimate of drug-likeness (QED) is 0.766. The van der Waals surface area contributed by atoms with Crippen LogP contribution in [0, 0.1) is 0 Å². The summed E-state index contributed by atoms with van der Waals surface area (Å²) in [4.78, 5) is 26.4. The lowest BCUT2D eigenvalue weighted by molar-refractivity contribution is -0.126. The zero-order chi connectivity index (χ0) is 18.7. The Morgan fingerprint density at radius 1 is 1.08 bits per heavy atom. The molecule has 5 nitrogen and oxygen atoms in total. The van der Waals surface area contributed by atoms with Gasteiger partial charge in [-0.15, -0.1) is 0 Å². The van der Waals surface area contributed by atoms with Gasteiger partial charge in [0.1, 0.15) is 5.75 Å². The van der Waals surface area contributed by atoms with Crippen molar-refractivity contribution in [3.63, 3.8) is 0 Å². The molecule has 2 aromatic rings. The van der Waals surface area contributed by atoms with Crippen LogP contribution in [0.25, 0.3) is 0 Å². The van der Waals surface area contributed by atoms with Gasteiger partial charge in [0.15, 0.2) is 6.10 Å². The predicted octanol–water partition coefficient (Wildman–Crippen LogP) is 3.42. The first-order chi connectivity index (χ1) is 12.5. The third kappa shape index (κ3) is 3.82. The van der Waals surface area contributed by atoms with Crippen LogP contribution >= 0.6 is 0 Å². The topological polar surface area (TPSA) is 55.8 Å². The highest BCUT2D eigenvalue weighted by Gasteiger charge is 2.29. The number of hydrogen-bond acceptors (Lipinski definition) is 4. The first kappa shape index (κ1) is 17.8. The third-order valence-corrected chi connectivity index (χ3v) is 4.10. The number of carbonyl (C=O) groups is 2. The number of benzene rings is 2. The Kier molecular flexibility index (Phi) is 5.16. The van der Waals surface area contributed by atoms with Crippen molar-refractivity contribution in [2.45, 2.75) is 26.1 Å². The average molecular weight is 361 g/mol. The molecular formula is C19H17F2NO4. The van der Waals surface area contributed by atoms with Crippen molar-refractivity contribution in [3.05, 3.63) is 59.7 Å². The van der Waals surface area contributed by atoms with Crippen molar-refractivity contribution in [3.8, 4) is 5.75 Å². The van der Waals surface area contributed by atoms with Gasteiger partial charge in [-0.3, -0.25) is 4.79 Å². The van der Waals surface area contributed by atoms with E-state index >= 15 is 0 Å². The van der Waals surface area contributed by atoms with Gasteiger partial charge in [0, 0.05) is 12.2 Å². The first-order valence-corrected chi connectivity index (χ1v) is 8.11. The largest absolute Gasteiger partial charge is 0.449 e. The number of amides is 1. The summed E-state index contributed by atoms with van der Waals surface area (Å²) < 4.78 is 33.7. The van der Waals surface area contributed by atoms with Crippen LogP contribution < -0.4 is 9.64 Å². The summed E-state index contributed by atoms with van der Waals surface area (Å²) in [5, 5.41) is 0. The lowest BCUT2D eigenvalue weighted by atomic mass is 10.2. The van der Waals surface area contributed by atoms with Crippen LogP contribution in [0.4, 0.5) is 14.5 Å². The van der Waals surface area contributed by atoms with Crippen LogP contribution in [0.1, 0.15) is 22.8 Å². The van der Waals surface area contributed by atoms with Gasteiger partial charge in [0.2, 0.25) is 0 Å². The molecule has 136 valence electrons. The Morgan fingerprint density at radius 3 is 2.46 bits per heavy atom. The highest BCUT2D eigenvalue weighted by atomic mass is 19.3. The molecule has 0 aromatic heterocycles. The highest BCUT2D eigenvalue weighted by molar-refractivity contribution is 6.00. The maximum Gasteiger partial charge on any atom is 0.387 e. The van der Waals surface area contributed by atoms with Crippen molar-refractivity contribution >= 4 is 17.6 Å².